The van der Waals surface area contributed by atoms with Crippen LogP contribution in [-0.4, -0.2) is 21.1 Å². The largest absolute Gasteiger partial charge is 0.479 e. The smallest absolute Gasteiger partial charge is 0.337 e. The van der Waals surface area contributed by atoms with Gasteiger partial charge in [-0.3, -0.25) is 10.1 Å². The maximum atomic E-state index is 10.4. The Morgan fingerprint density at radius 1 is 1.47 bits per heavy atom. The molecule has 80 valence electrons. The maximum Gasteiger partial charge on any atom is 0.337 e. The lowest BCUT2D eigenvalue weighted by molar-refractivity contribution is -0.384. The lowest BCUT2D eigenvalue weighted by Gasteiger charge is -2.06. The number of nitro benzene ring substituents is 1. The number of nitrogen functional groups attached to an aromatic ring is 1. The number of hydrogen-bond acceptors (Lipinski definition) is 5. The number of benzene rings is 1. The summed E-state index contributed by atoms with van der Waals surface area (Å²) >= 11 is 0. The number of aliphatic hydroxyl groups excluding tert-OH is 1. The third-order valence-corrected chi connectivity index (χ3v) is 1.72. The number of carboxylic acid groups (broad SMARTS) is 1. The minimum absolute atomic E-state index is 0.0273. The minimum atomic E-state index is -1.81. The van der Waals surface area contributed by atoms with Crippen molar-refractivity contribution in [3.8, 4) is 0 Å². The monoisotopic (exact) mass is 212 g/mol. The van der Waals surface area contributed by atoms with Gasteiger partial charge in [-0.1, -0.05) is 0 Å². The van der Waals surface area contributed by atoms with Gasteiger partial charge in [0.2, 0.25) is 0 Å². The van der Waals surface area contributed by atoms with Gasteiger partial charge < -0.3 is 15.9 Å². The van der Waals surface area contributed by atoms with Crippen LogP contribution in [0.4, 0.5) is 11.4 Å². The average molecular weight is 212 g/mol. The van der Waals surface area contributed by atoms with Crippen LogP contribution in [0.25, 0.3) is 0 Å². The predicted octanol–water partition coefficient (Wildman–Crippen LogP) is 0.295. The highest BCUT2D eigenvalue weighted by Crippen LogP contribution is 2.23. The summed E-state index contributed by atoms with van der Waals surface area (Å²) in [6, 6.07) is 3.22. The van der Waals surface area contributed by atoms with Crippen molar-refractivity contribution < 1.29 is 19.9 Å². The molecule has 1 aromatic rings. The fourth-order valence-electron chi connectivity index (χ4n) is 1.06. The van der Waals surface area contributed by atoms with Gasteiger partial charge in [0.1, 0.15) is 0 Å². The first-order valence-corrected chi connectivity index (χ1v) is 3.87. The molecule has 1 atom stereocenters. The van der Waals surface area contributed by atoms with Gasteiger partial charge in [-0.2, -0.15) is 0 Å². The third-order valence-electron chi connectivity index (χ3n) is 1.72. The third kappa shape index (κ3) is 2.41. The predicted molar refractivity (Wildman–Crippen MR) is 50.1 cm³/mol. The van der Waals surface area contributed by atoms with Crippen molar-refractivity contribution in [2.45, 2.75) is 6.10 Å². The molecule has 7 heteroatoms. The van der Waals surface area contributed by atoms with E-state index in [0.717, 1.165) is 12.1 Å². The van der Waals surface area contributed by atoms with Gasteiger partial charge in [-0.25, -0.2) is 4.79 Å². The van der Waals surface area contributed by atoms with E-state index in [1.807, 2.05) is 0 Å². The second-order valence-electron chi connectivity index (χ2n) is 2.86. The van der Waals surface area contributed by atoms with Crippen molar-refractivity contribution in [1.29, 1.82) is 0 Å². The number of nitrogens with two attached hydrogens (primary N) is 1. The number of carbonyl (C=O) groups is 1. The number of non-ortho nitro benzene ring substituents is 1. The second-order valence-corrected chi connectivity index (χ2v) is 2.86. The van der Waals surface area contributed by atoms with Gasteiger partial charge in [0.25, 0.3) is 5.69 Å². The molecule has 0 radical (unpaired) electrons. The van der Waals surface area contributed by atoms with Crippen molar-refractivity contribution in [3.05, 3.63) is 33.9 Å². The van der Waals surface area contributed by atoms with Crippen LogP contribution >= 0.6 is 0 Å². The molecule has 1 aromatic carbocycles. The van der Waals surface area contributed by atoms with Crippen molar-refractivity contribution in [1.82, 2.24) is 0 Å². The van der Waals surface area contributed by atoms with E-state index in [0.29, 0.717) is 0 Å². The number of rotatable bonds is 3. The quantitative estimate of drug-likeness (QED) is 0.375. The Hall–Kier alpha value is -2.15. The Kier molecular flexibility index (Phi) is 2.86. The lowest BCUT2D eigenvalue weighted by Crippen LogP contribution is -2.11. The fraction of sp³-hybridized carbons (Fsp3) is 0.125. The van der Waals surface area contributed by atoms with Crippen molar-refractivity contribution in [2.24, 2.45) is 0 Å². The SMILES string of the molecule is Nc1cc(C(O)C(=O)O)cc([N+](=O)[O-])c1. The van der Waals surface area contributed by atoms with E-state index in [4.69, 9.17) is 15.9 Å². The van der Waals surface area contributed by atoms with E-state index >= 15 is 0 Å². The molecule has 0 amide bonds. The van der Waals surface area contributed by atoms with Gasteiger partial charge in [0.15, 0.2) is 6.10 Å². The average Bonchev–Trinajstić information content (AvgIpc) is 2.15. The van der Waals surface area contributed by atoms with Gasteiger partial charge in [-0.15, -0.1) is 0 Å². The Balaban J connectivity index is 3.20. The van der Waals surface area contributed by atoms with Crippen LogP contribution in [0.1, 0.15) is 11.7 Å². The Bertz CT molecular complexity index is 417. The molecule has 1 rings (SSSR count). The molecule has 4 N–H and O–H groups in total. The Morgan fingerprint density at radius 3 is 2.53 bits per heavy atom. The standard InChI is InChI=1S/C8H8N2O5/c9-5-1-4(7(11)8(12)13)2-6(3-5)10(14)15/h1-3,7,11H,9H2,(H,12,13). The normalized spacial score (nSPS) is 12.1. The molecule has 0 bridgehead atoms. The first-order chi connectivity index (χ1) is 6.91. The number of anilines is 1. The molecule has 0 fully saturated rings. The molecule has 0 heterocycles. The van der Waals surface area contributed by atoms with Crippen molar-refractivity contribution in [3.63, 3.8) is 0 Å². The number of nitrogens with zero attached hydrogens (tertiary/aromatic N) is 1. The first kappa shape index (κ1) is 10.9. The molecular formula is C8H8N2O5. The highest BCUT2D eigenvalue weighted by atomic mass is 16.6. The fourth-order valence-corrected chi connectivity index (χ4v) is 1.06. The van der Waals surface area contributed by atoms with E-state index in [2.05, 4.69) is 0 Å². The molecule has 1 unspecified atom stereocenters. The topological polar surface area (TPSA) is 127 Å². The molecule has 0 aliphatic rings. The summed E-state index contributed by atoms with van der Waals surface area (Å²) in [4.78, 5) is 20.1. The van der Waals surface area contributed by atoms with Gasteiger partial charge in [0, 0.05) is 23.4 Å². The summed E-state index contributed by atoms with van der Waals surface area (Å²) in [5.41, 5.74) is 4.88. The molecule has 0 aliphatic heterocycles. The zero-order chi connectivity index (χ0) is 11.6. The van der Waals surface area contributed by atoms with E-state index in [1.54, 1.807) is 0 Å². The summed E-state index contributed by atoms with van der Waals surface area (Å²) in [7, 11) is 0. The van der Waals surface area contributed by atoms with Crippen molar-refractivity contribution in [2.75, 3.05) is 5.73 Å². The summed E-state index contributed by atoms with van der Waals surface area (Å²) in [5.74, 6) is -1.49. The summed E-state index contributed by atoms with van der Waals surface area (Å²) in [6.07, 6.45) is -1.81. The summed E-state index contributed by atoms with van der Waals surface area (Å²) < 4.78 is 0. The minimum Gasteiger partial charge on any atom is -0.479 e. The van der Waals surface area contributed by atoms with Crippen LogP contribution in [0.2, 0.25) is 0 Å². The number of nitro groups is 1. The second kappa shape index (κ2) is 3.93. The highest BCUT2D eigenvalue weighted by molar-refractivity contribution is 5.75. The van der Waals surface area contributed by atoms with Crippen LogP contribution in [0, 0.1) is 10.1 Å². The van der Waals surface area contributed by atoms with E-state index in [1.165, 1.54) is 6.07 Å². The Morgan fingerprint density at radius 2 is 2.07 bits per heavy atom. The number of carboxylic acids is 1. The van der Waals surface area contributed by atoms with Crippen LogP contribution in [-0.2, 0) is 4.79 Å². The molecule has 0 aliphatic carbocycles. The molecule has 7 nitrogen and oxygen atoms in total. The van der Waals surface area contributed by atoms with Gasteiger partial charge in [0.05, 0.1) is 4.92 Å². The van der Waals surface area contributed by atoms with Crippen LogP contribution in [0.5, 0.6) is 0 Å². The van der Waals surface area contributed by atoms with Crippen molar-refractivity contribution >= 4 is 17.3 Å². The number of aliphatic hydroxyl groups is 1. The molecule has 0 saturated heterocycles. The number of hydrogen-bond donors (Lipinski definition) is 3. The van der Waals surface area contributed by atoms with Crippen LogP contribution in [0.15, 0.2) is 18.2 Å². The molecular weight excluding hydrogens is 204 g/mol. The summed E-state index contributed by atoms with van der Waals surface area (Å²) in [6.45, 7) is 0. The van der Waals surface area contributed by atoms with E-state index in [-0.39, 0.29) is 16.9 Å². The molecule has 0 spiro atoms. The van der Waals surface area contributed by atoms with Gasteiger partial charge in [-0.05, 0) is 6.07 Å². The first-order valence-electron chi connectivity index (χ1n) is 3.87. The summed E-state index contributed by atoms with van der Waals surface area (Å²) in [5, 5.41) is 28.1. The lowest BCUT2D eigenvalue weighted by atomic mass is 10.1. The molecule has 0 aromatic heterocycles. The van der Waals surface area contributed by atoms with Gasteiger partial charge >= 0.3 is 5.97 Å². The molecule has 15 heavy (non-hydrogen) atoms. The van der Waals surface area contributed by atoms with Crippen LogP contribution < -0.4 is 5.73 Å². The zero-order valence-electron chi connectivity index (χ0n) is 7.45. The number of aliphatic carboxylic acids is 1. The maximum absolute atomic E-state index is 10.4. The van der Waals surface area contributed by atoms with E-state index in [9.17, 15) is 14.9 Å². The van der Waals surface area contributed by atoms with Crippen LogP contribution in [0.3, 0.4) is 0 Å². The molecule has 0 saturated carbocycles. The van der Waals surface area contributed by atoms with E-state index < -0.39 is 17.0 Å². The highest BCUT2D eigenvalue weighted by Gasteiger charge is 2.19. The zero-order valence-corrected chi connectivity index (χ0v) is 7.45. The Labute approximate surface area is 83.9 Å².